The van der Waals surface area contributed by atoms with E-state index in [0.717, 1.165) is 5.56 Å². The SMILES string of the molecule is CN(CC(O)c1ccc([N+](=O)[O-])cc1)C1CCCCC1. The van der Waals surface area contributed by atoms with Crippen molar-refractivity contribution in [1.82, 2.24) is 4.90 Å². The molecule has 1 aliphatic carbocycles. The average molecular weight is 278 g/mol. The zero-order valence-electron chi connectivity index (χ0n) is 11.9. The lowest BCUT2D eigenvalue weighted by Gasteiger charge is -2.32. The van der Waals surface area contributed by atoms with Crippen molar-refractivity contribution in [2.45, 2.75) is 44.2 Å². The van der Waals surface area contributed by atoms with Crippen molar-refractivity contribution in [3.8, 4) is 0 Å². The Morgan fingerprint density at radius 3 is 2.45 bits per heavy atom. The molecule has 0 aliphatic heterocycles. The second kappa shape index (κ2) is 6.81. The highest BCUT2D eigenvalue weighted by Crippen LogP contribution is 2.24. The Kier molecular flexibility index (Phi) is 5.09. The molecule has 0 saturated heterocycles. The zero-order valence-corrected chi connectivity index (χ0v) is 11.9. The number of nitro benzene ring substituents is 1. The van der Waals surface area contributed by atoms with Gasteiger partial charge in [0.15, 0.2) is 0 Å². The predicted molar refractivity (Wildman–Crippen MR) is 77.6 cm³/mol. The van der Waals surface area contributed by atoms with Crippen LogP contribution >= 0.6 is 0 Å². The smallest absolute Gasteiger partial charge is 0.269 e. The van der Waals surface area contributed by atoms with Crippen LogP contribution in [-0.2, 0) is 0 Å². The van der Waals surface area contributed by atoms with E-state index < -0.39 is 11.0 Å². The third-order valence-electron chi connectivity index (χ3n) is 4.15. The van der Waals surface area contributed by atoms with Crippen molar-refractivity contribution in [3.05, 3.63) is 39.9 Å². The van der Waals surface area contributed by atoms with E-state index in [1.807, 2.05) is 7.05 Å². The second-order valence-corrected chi connectivity index (χ2v) is 5.60. The zero-order chi connectivity index (χ0) is 14.5. The molecule has 0 spiro atoms. The molecule has 1 aromatic rings. The summed E-state index contributed by atoms with van der Waals surface area (Å²) >= 11 is 0. The molecule has 2 rings (SSSR count). The standard InChI is InChI=1S/C15H22N2O3/c1-16(13-5-3-2-4-6-13)11-15(18)12-7-9-14(10-8-12)17(19)20/h7-10,13,15,18H,2-6,11H2,1H3. The van der Waals surface area contributed by atoms with Crippen LogP contribution in [0.3, 0.4) is 0 Å². The van der Waals surface area contributed by atoms with E-state index >= 15 is 0 Å². The molecule has 0 heterocycles. The lowest BCUT2D eigenvalue weighted by Crippen LogP contribution is -2.36. The highest BCUT2D eigenvalue weighted by molar-refractivity contribution is 5.33. The molecular formula is C15H22N2O3. The molecule has 1 unspecified atom stereocenters. The first-order chi connectivity index (χ1) is 9.58. The molecule has 1 fully saturated rings. The minimum Gasteiger partial charge on any atom is -0.387 e. The molecule has 0 radical (unpaired) electrons. The van der Waals surface area contributed by atoms with Crippen LogP contribution in [0.5, 0.6) is 0 Å². The summed E-state index contributed by atoms with van der Waals surface area (Å²) in [5.74, 6) is 0. The van der Waals surface area contributed by atoms with Gasteiger partial charge < -0.3 is 10.0 Å². The van der Waals surface area contributed by atoms with Crippen LogP contribution in [0, 0.1) is 10.1 Å². The fourth-order valence-electron chi connectivity index (χ4n) is 2.87. The summed E-state index contributed by atoms with van der Waals surface area (Å²) in [6, 6.07) is 6.71. The molecule has 20 heavy (non-hydrogen) atoms. The van der Waals surface area contributed by atoms with Gasteiger partial charge in [-0.25, -0.2) is 0 Å². The molecule has 0 bridgehead atoms. The highest BCUT2D eigenvalue weighted by Gasteiger charge is 2.21. The number of nitrogens with zero attached hydrogens (tertiary/aromatic N) is 2. The number of hydrogen-bond donors (Lipinski definition) is 1. The van der Waals surface area contributed by atoms with Crippen LogP contribution in [0.15, 0.2) is 24.3 Å². The van der Waals surface area contributed by atoms with Crippen molar-refractivity contribution >= 4 is 5.69 Å². The van der Waals surface area contributed by atoms with Crippen molar-refractivity contribution < 1.29 is 10.0 Å². The molecule has 110 valence electrons. The Labute approximate surface area is 119 Å². The Bertz CT molecular complexity index is 441. The van der Waals surface area contributed by atoms with Gasteiger partial charge in [-0.1, -0.05) is 19.3 Å². The maximum absolute atomic E-state index is 10.6. The van der Waals surface area contributed by atoms with E-state index in [1.165, 1.54) is 44.2 Å². The van der Waals surface area contributed by atoms with Gasteiger partial charge in [0.1, 0.15) is 0 Å². The van der Waals surface area contributed by atoms with Crippen LogP contribution < -0.4 is 0 Å². The van der Waals surface area contributed by atoms with Crippen molar-refractivity contribution in [1.29, 1.82) is 0 Å². The van der Waals surface area contributed by atoms with Crippen LogP contribution in [-0.4, -0.2) is 34.6 Å². The average Bonchev–Trinajstić information content (AvgIpc) is 2.48. The van der Waals surface area contributed by atoms with Gasteiger partial charge in [-0.15, -0.1) is 0 Å². The monoisotopic (exact) mass is 278 g/mol. The van der Waals surface area contributed by atoms with E-state index in [4.69, 9.17) is 0 Å². The Hall–Kier alpha value is -1.46. The van der Waals surface area contributed by atoms with Gasteiger partial charge >= 0.3 is 0 Å². The minimum atomic E-state index is -0.595. The molecular weight excluding hydrogens is 256 g/mol. The van der Waals surface area contributed by atoms with Gasteiger partial charge in [0.25, 0.3) is 5.69 Å². The van der Waals surface area contributed by atoms with E-state index in [0.29, 0.717) is 12.6 Å². The van der Waals surface area contributed by atoms with Crippen molar-refractivity contribution in [3.63, 3.8) is 0 Å². The van der Waals surface area contributed by atoms with Gasteiger partial charge in [-0.05, 0) is 37.6 Å². The summed E-state index contributed by atoms with van der Waals surface area (Å²) in [5, 5.41) is 20.8. The third-order valence-corrected chi connectivity index (χ3v) is 4.15. The fourth-order valence-corrected chi connectivity index (χ4v) is 2.87. The maximum atomic E-state index is 10.6. The summed E-state index contributed by atoms with van der Waals surface area (Å²) in [6.45, 7) is 0.572. The number of likely N-dealkylation sites (N-methyl/N-ethyl adjacent to an activating group) is 1. The number of non-ortho nitro benzene ring substituents is 1. The Morgan fingerprint density at radius 1 is 1.30 bits per heavy atom. The van der Waals surface area contributed by atoms with Gasteiger partial charge in [0, 0.05) is 24.7 Å². The largest absolute Gasteiger partial charge is 0.387 e. The van der Waals surface area contributed by atoms with Crippen molar-refractivity contribution in [2.24, 2.45) is 0 Å². The minimum absolute atomic E-state index is 0.0570. The maximum Gasteiger partial charge on any atom is 0.269 e. The molecule has 0 amide bonds. The van der Waals surface area contributed by atoms with Gasteiger partial charge in [-0.3, -0.25) is 10.1 Å². The van der Waals surface area contributed by atoms with Crippen LogP contribution in [0.4, 0.5) is 5.69 Å². The summed E-state index contributed by atoms with van der Waals surface area (Å²) < 4.78 is 0. The van der Waals surface area contributed by atoms with Crippen LogP contribution in [0.25, 0.3) is 0 Å². The molecule has 1 N–H and O–H groups in total. The van der Waals surface area contributed by atoms with E-state index in [9.17, 15) is 15.2 Å². The molecule has 1 saturated carbocycles. The van der Waals surface area contributed by atoms with E-state index in [1.54, 1.807) is 12.1 Å². The van der Waals surface area contributed by atoms with Crippen LogP contribution in [0.2, 0.25) is 0 Å². The topological polar surface area (TPSA) is 66.6 Å². The molecule has 1 atom stereocenters. The van der Waals surface area contributed by atoms with Gasteiger partial charge in [0.2, 0.25) is 0 Å². The Morgan fingerprint density at radius 2 is 1.90 bits per heavy atom. The number of rotatable bonds is 5. The fraction of sp³-hybridized carbons (Fsp3) is 0.600. The molecule has 0 aromatic heterocycles. The third kappa shape index (κ3) is 3.77. The summed E-state index contributed by atoms with van der Waals surface area (Å²) in [4.78, 5) is 12.4. The second-order valence-electron chi connectivity index (χ2n) is 5.60. The molecule has 1 aliphatic rings. The Balaban J connectivity index is 1.93. The predicted octanol–water partition coefficient (Wildman–Crippen LogP) is 2.89. The highest BCUT2D eigenvalue weighted by atomic mass is 16.6. The molecule has 5 nitrogen and oxygen atoms in total. The normalized spacial score (nSPS) is 18.1. The number of aliphatic hydroxyl groups is 1. The molecule has 5 heteroatoms. The first kappa shape index (κ1) is 14.9. The van der Waals surface area contributed by atoms with Crippen LogP contribution in [0.1, 0.15) is 43.8 Å². The van der Waals surface area contributed by atoms with Gasteiger partial charge in [0.05, 0.1) is 11.0 Å². The van der Waals surface area contributed by atoms with Gasteiger partial charge in [-0.2, -0.15) is 0 Å². The summed E-state index contributed by atoms with van der Waals surface area (Å²) in [5.41, 5.74) is 0.792. The quantitative estimate of drug-likeness (QED) is 0.664. The number of hydrogen-bond acceptors (Lipinski definition) is 4. The first-order valence-electron chi connectivity index (χ1n) is 7.20. The first-order valence-corrected chi connectivity index (χ1v) is 7.20. The number of nitro groups is 1. The number of benzene rings is 1. The molecule has 1 aromatic carbocycles. The lowest BCUT2D eigenvalue weighted by molar-refractivity contribution is -0.384. The summed E-state index contributed by atoms with van der Waals surface area (Å²) in [7, 11) is 2.05. The van der Waals surface area contributed by atoms with E-state index in [2.05, 4.69) is 4.90 Å². The lowest BCUT2D eigenvalue weighted by atomic mass is 9.94. The van der Waals surface area contributed by atoms with E-state index in [-0.39, 0.29) is 5.69 Å². The summed E-state index contributed by atoms with van der Waals surface area (Å²) in [6.07, 6.45) is 5.65. The van der Waals surface area contributed by atoms with Crippen molar-refractivity contribution in [2.75, 3.05) is 13.6 Å². The number of aliphatic hydroxyl groups excluding tert-OH is 1.